The van der Waals surface area contributed by atoms with E-state index in [4.69, 9.17) is 0 Å². The molecule has 2 fully saturated rings. The van der Waals surface area contributed by atoms with E-state index in [0.717, 1.165) is 39.3 Å². The largest absolute Gasteiger partial charge is 0.390 e. The van der Waals surface area contributed by atoms with Crippen molar-refractivity contribution >= 4 is 0 Å². The number of hydrogen-bond donors (Lipinski definition) is 2. The summed E-state index contributed by atoms with van der Waals surface area (Å²) in [4.78, 5) is 4.86. The third kappa shape index (κ3) is 4.50. The van der Waals surface area contributed by atoms with Crippen molar-refractivity contribution in [1.29, 1.82) is 0 Å². The van der Waals surface area contributed by atoms with Gasteiger partial charge in [-0.2, -0.15) is 0 Å². The minimum Gasteiger partial charge on any atom is -0.390 e. The van der Waals surface area contributed by atoms with Crippen LogP contribution in [0.4, 0.5) is 0 Å². The van der Waals surface area contributed by atoms with E-state index in [-0.39, 0.29) is 6.10 Å². The zero-order valence-electron chi connectivity index (χ0n) is 11.8. The Hall–Kier alpha value is -0.160. The first-order valence-corrected chi connectivity index (χ1v) is 7.61. The third-order valence-electron chi connectivity index (χ3n) is 4.29. The molecule has 18 heavy (non-hydrogen) atoms. The molecule has 0 saturated carbocycles. The maximum atomic E-state index is 10.3. The van der Waals surface area contributed by atoms with E-state index in [1.165, 1.54) is 32.2 Å². The molecule has 0 aliphatic carbocycles. The summed E-state index contributed by atoms with van der Waals surface area (Å²) in [5, 5.41) is 13.7. The van der Waals surface area contributed by atoms with Crippen molar-refractivity contribution in [3.05, 3.63) is 0 Å². The summed E-state index contributed by atoms with van der Waals surface area (Å²) in [5.74, 6) is 0. The Bertz CT molecular complexity index is 229. The minimum atomic E-state index is -0.191. The highest BCUT2D eigenvalue weighted by molar-refractivity contribution is 4.78. The molecule has 2 rings (SSSR count). The molecule has 0 aromatic heterocycles. The lowest BCUT2D eigenvalue weighted by Crippen LogP contribution is -2.46. The molecule has 2 N–H and O–H groups in total. The molecule has 106 valence electrons. The van der Waals surface area contributed by atoms with Crippen LogP contribution >= 0.6 is 0 Å². The van der Waals surface area contributed by atoms with Crippen molar-refractivity contribution in [2.75, 3.05) is 45.8 Å². The fraction of sp³-hybridized carbons (Fsp3) is 1.00. The number of rotatable bonds is 4. The molecule has 2 saturated heterocycles. The van der Waals surface area contributed by atoms with Crippen molar-refractivity contribution in [2.24, 2.45) is 0 Å². The standard InChI is InChI=1S/C14H29N3O/c1-13-5-2-3-9-17(13)12-14(18)11-16-8-4-6-15-7-10-16/h13-15,18H,2-12H2,1H3/t13-,14+/m0/s1. The molecule has 0 aromatic carbocycles. The second-order valence-corrected chi connectivity index (χ2v) is 5.90. The molecular formula is C14H29N3O. The Balaban J connectivity index is 1.71. The maximum Gasteiger partial charge on any atom is 0.0793 e. The fourth-order valence-electron chi connectivity index (χ4n) is 3.14. The molecule has 2 aliphatic heterocycles. The SMILES string of the molecule is C[C@H]1CCCCN1C[C@H](O)CN1CCCNCC1. The number of aliphatic hydroxyl groups excluding tert-OH is 1. The molecule has 0 amide bonds. The number of likely N-dealkylation sites (tertiary alicyclic amines) is 1. The summed E-state index contributed by atoms with van der Waals surface area (Å²) in [5.41, 5.74) is 0. The second kappa shape index (κ2) is 7.43. The summed E-state index contributed by atoms with van der Waals surface area (Å²) in [6, 6.07) is 0.652. The van der Waals surface area contributed by atoms with E-state index in [0.29, 0.717) is 6.04 Å². The van der Waals surface area contributed by atoms with Crippen LogP contribution < -0.4 is 5.32 Å². The average Bonchev–Trinajstić information content (AvgIpc) is 2.61. The third-order valence-corrected chi connectivity index (χ3v) is 4.29. The lowest BCUT2D eigenvalue weighted by molar-refractivity contribution is 0.0498. The highest BCUT2D eigenvalue weighted by Gasteiger charge is 2.22. The number of piperidine rings is 1. The van der Waals surface area contributed by atoms with E-state index < -0.39 is 0 Å². The maximum absolute atomic E-state index is 10.3. The molecule has 0 radical (unpaired) electrons. The van der Waals surface area contributed by atoms with E-state index in [9.17, 15) is 5.11 Å². The Morgan fingerprint density at radius 1 is 1.11 bits per heavy atom. The molecule has 4 heteroatoms. The number of nitrogens with zero attached hydrogens (tertiary/aromatic N) is 2. The van der Waals surface area contributed by atoms with Gasteiger partial charge in [-0.15, -0.1) is 0 Å². The van der Waals surface area contributed by atoms with Crippen LogP contribution in [0.25, 0.3) is 0 Å². The van der Waals surface area contributed by atoms with E-state index in [1.54, 1.807) is 0 Å². The van der Waals surface area contributed by atoms with E-state index >= 15 is 0 Å². The molecule has 2 aliphatic rings. The first-order chi connectivity index (χ1) is 8.75. The van der Waals surface area contributed by atoms with Crippen LogP contribution in [0.3, 0.4) is 0 Å². The van der Waals surface area contributed by atoms with E-state index in [1.807, 2.05) is 0 Å². The molecular weight excluding hydrogens is 226 g/mol. The number of aliphatic hydroxyl groups is 1. The predicted octanol–water partition coefficient (Wildman–Crippen LogP) is 0.517. The van der Waals surface area contributed by atoms with Gasteiger partial charge in [0.05, 0.1) is 6.10 Å². The smallest absolute Gasteiger partial charge is 0.0793 e. The van der Waals surface area contributed by atoms with Crippen LogP contribution in [0.15, 0.2) is 0 Å². The number of nitrogens with one attached hydrogen (secondary N) is 1. The van der Waals surface area contributed by atoms with Gasteiger partial charge in [0, 0.05) is 32.2 Å². The minimum absolute atomic E-state index is 0.191. The normalized spacial score (nSPS) is 30.0. The van der Waals surface area contributed by atoms with Crippen molar-refractivity contribution in [2.45, 2.75) is 44.8 Å². The number of hydrogen-bond acceptors (Lipinski definition) is 4. The molecule has 0 bridgehead atoms. The van der Waals surface area contributed by atoms with Crippen LogP contribution in [-0.4, -0.2) is 72.9 Å². The molecule has 0 spiro atoms. The van der Waals surface area contributed by atoms with Gasteiger partial charge in [-0.1, -0.05) is 6.42 Å². The Morgan fingerprint density at radius 2 is 2.00 bits per heavy atom. The quantitative estimate of drug-likeness (QED) is 0.768. The summed E-state index contributed by atoms with van der Waals surface area (Å²) in [6.07, 6.45) is 4.95. The van der Waals surface area contributed by atoms with Gasteiger partial charge >= 0.3 is 0 Å². The summed E-state index contributed by atoms with van der Waals surface area (Å²) in [7, 11) is 0. The second-order valence-electron chi connectivity index (χ2n) is 5.90. The molecule has 4 nitrogen and oxygen atoms in total. The Kier molecular flexibility index (Phi) is 5.89. The highest BCUT2D eigenvalue weighted by Crippen LogP contribution is 2.16. The van der Waals surface area contributed by atoms with Gasteiger partial charge < -0.3 is 10.4 Å². The molecule has 2 heterocycles. The lowest BCUT2D eigenvalue weighted by Gasteiger charge is -2.35. The zero-order valence-corrected chi connectivity index (χ0v) is 11.8. The monoisotopic (exact) mass is 255 g/mol. The van der Waals surface area contributed by atoms with Crippen LogP contribution in [0, 0.1) is 0 Å². The van der Waals surface area contributed by atoms with Gasteiger partial charge in [0.15, 0.2) is 0 Å². The summed E-state index contributed by atoms with van der Waals surface area (Å²) in [6.45, 7) is 9.53. The van der Waals surface area contributed by atoms with E-state index in [2.05, 4.69) is 22.0 Å². The van der Waals surface area contributed by atoms with Crippen molar-refractivity contribution in [3.63, 3.8) is 0 Å². The summed E-state index contributed by atoms with van der Waals surface area (Å²) < 4.78 is 0. The van der Waals surface area contributed by atoms with Crippen molar-refractivity contribution in [3.8, 4) is 0 Å². The Labute approximate surface area is 111 Å². The van der Waals surface area contributed by atoms with Crippen molar-refractivity contribution in [1.82, 2.24) is 15.1 Å². The van der Waals surface area contributed by atoms with Gasteiger partial charge in [-0.05, 0) is 45.8 Å². The molecule has 0 unspecified atom stereocenters. The van der Waals surface area contributed by atoms with Crippen molar-refractivity contribution < 1.29 is 5.11 Å². The van der Waals surface area contributed by atoms with Crippen LogP contribution in [0.2, 0.25) is 0 Å². The zero-order chi connectivity index (χ0) is 12.8. The topological polar surface area (TPSA) is 38.7 Å². The molecule has 0 aromatic rings. The highest BCUT2D eigenvalue weighted by atomic mass is 16.3. The van der Waals surface area contributed by atoms with Gasteiger partial charge in [0.25, 0.3) is 0 Å². The average molecular weight is 255 g/mol. The lowest BCUT2D eigenvalue weighted by atomic mass is 10.0. The van der Waals surface area contributed by atoms with Gasteiger partial charge in [0.1, 0.15) is 0 Å². The van der Waals surface area contributed by atoms with Gasteiger partial charge in [-0.25, -0.2) is 0 Å². The fourth-order valence-corrected chi connectivity index (χ4v) is 3.14. The Morgan fingerprint density at radius 3 is 2.83 bits per heavy atom. The predicted molar refractivity (Wildman–Crippen MR) is 74.8 cm³/mol. The first-order valence-electron chi connectivity index (χ1n) is 7.61. The first kappa shape index (κ1) is 14.3. The van der Waals surface area contributed by atoms with Gasteiger partial charge in [-0.3, -0.25) is 9.80 Å². The summed E-state index contributed by atoms with van der Waals surface area (Å²) >= 11 is 0. The molecule has 2 atom stereocenters. The number of β-amino-alcohol motifs (C(OH)–C–C–N with tert-alkyl or cyclic N) is 1. The van der Waals surface area contributed by atoms with Crippen LogP contribution in [0.5, 0.6) is 0 Å². The van der Waals surface area contributed by atoms with Crippen LogP contribution in [0.1, 0.15) is 32.6 Å². The van der Waals surface area contributed by atoms with Crippen LogP contribution in [-0.2, 0) is 0 Å². The van der Waals surface area contributed by atoms with Gasteiger partial charge in [0.2, 0.25) is 0 Å².